The molecule has 1 aromatic rings. The highest BCUT2D eigenvalue weighted by Crippen LogP contribution is 2.27. The normalized spacial score (nSPS) is 17.9. The number of esters is 1. The Labute approximate surface area is 97.3 Å². The Morgan fingerprint density at radius 2 is 2.06 bits per heavy atom. The highest BCUT2D eigenvalue weighted by molar-refractivity contribution is 6.39. The Bertz CT molecular complexity index is 491. The predicted molar refractivity (Wildman–Crippen MR) is 56.8 cm³/mol. The molecule has 0 radical (unpaired) electrons. The summed E-state index contributed by atoms with van der Waals surface area (Å²) in [4.78, 5) is 34.6. The maximum atomic E-state index is 12.0. The van der Waals surface area contributed by atoms with Crippen LogP contribution in [-0.4, -0.2) is 31.3 Å². The summed E-state index contributed by atoms with van der Waals surface area (Å²) in [7, 11) is 1.10. The van der Waals surface area contributed by atoms with Gasteiger partial charge in [-0.1, -0.05) is 12.1 Å². The molecule has 0 bridgehead atoms. The fourth-order valence-electron chi connectivity index (χ4n) is 1.67. The minimum Gasteiger partial charge on any atom is -0.492 e. The van der Waals surface area contributed by atoms with Gasteiger partial charge in [0.25, 0.3) is 5.78 Å². The summed E-state index contributed by atoms with van der Waals surface area (Å²) in [5.41, 5.74) is 0.320. The molecule has 2 rings (SSSR count). The summed E-state index contributed by atoms with van der Waals surface area (Å²) in [6.45, 7) is -0.121. The van der Waals surface area contributed by atoms with Crippen LogP contribution in [0.1, 0.15) is 10.4 Å². The van der Waals surface area contributed by atoms with Gasteiger partial charge >= 0.3 is 5.97 Å². The fourth-order valence-corrected chi connectivity index (χ4v) is 1.67. The zero-order chi connectivity index (χ0) is 12.4. The monoisotopic (exact) mass is 234 g/mol. The van der Waals surface area contributed by atoms with Gasteiger partial charge in [0, 0.05) is 0 Å². The van der Waals surface area contributed by atoms with Crippen molar-refractivity contribution in [3.8, 4) is 5.75 Å². The van der Waals surface area contributed by atoms with Crippen molar-refractivity contribution in [3.63, 3.8) is 0 Å². The Balaban J connectivity index is 2.29. The summed E-state index contributed by atoms with van der Waals surface area (Å²) >= 11 is 0. The first-order valence-corrected chi connectivity index (χ1v) is 5.03. The summed E-state index contributed by atoms with van der Waals surface area (Å²) in [6.07, 6.45) is 0. The fraction of sp³-hybridized carbons (Fsp3) is 0.250. The smallest absolute Gasteiger partial charge is 0.375 e. The molecule has 5 nitrogen and oxygen atoms in total. The zero-order valence-corrected chi connectivity index (χ0v) is 9.14. The molecule has 88 valence electrons. The van der Waals surface area contributed by atoms with Crippen LogP contribution in [0.15, 0.2) is 24.3 Å². The molecule has 1 atom stereocenters. The van der Waals surface area contributed by atoms with Gasteiger partial charge in [-0.25, -0.2) is 4.79 Å². The number of hydrogen-bond acceptors (Lipinski definition) is 5. The second-order valence-corrected chi connectivity index (χ2v) is 3.58. The molecule has 1 unspecified atom stereocenters. The van der Waals surface area contributed by atoms with Crippen molar-refractivity contribution in [2.45, 2.75) is 0 Å². The van der Waals surface area contributed by atoms with Crippen LogP contribution in [0.5, 0.6) is 5.75 Å². The molecule has 1 aliphatic heterocycles. The first-order valence-electron chi connectivity index (χ1n) is 5.03. The topological polar surface area (TPSA) is 69.7 Å². The molecule has 0 saturated heterocycles. The van der Waals surface area contributed by atoms with Gasteiger partial charge in [-0.3, -0.25) is 9.59 Å². The van der Waals surface area contributed by atoms with Gasteiger partial charge in [0.15, 0.2) is 5.78 Å². The molecule has 17 heavy (non-hydrogen) atoms. The summed E-state index contributed by atoms with van der Waals surface area (Å²) in [6, 6.07) is 6.61. The van der Waals surface area contributed by atoms with Gasteiger partial charge in [-0.15, -0.1) is 0 Å². The first-order chi connectivity index (χ1) is 8.15. The number of carbonyl (C=O) groups is 3. The van der Waals surface area contributed by atoms with E-state index in [1.165, 1.54) is 0 Å². The molecule has 1 aromatic carbocycles. The molecule has 0 aliphatic carbocycles. The standard InChI is InChI=1S/C12H10O5/c1-16-12(15)11(14)8-6-17-9-5-3-2-4-7(9)10(8)13/h2-5,8H,6H2,1H3. The highest BCUT2D eigenvalue weighted by Gasteiger charge is 2.37. The van der Waals surface area contributed by atoms with Crippen LogP contribution in [0, 0.1) is 5.92 Å². The lowest BCUT2D eigenvalue weighted by molar-refractivity contribution is -0.153. The number of para-hydroxylation sites is 1. The number of ketones is 2. The van der Waals surface area contributed by atoms with Crippen molar-refractivity contribution in [2.75, 3.05) is 13.7 Å². The average Bonchev–Trinajstić information content (AvgIpc) is 2.38. The molecule has 5 heteroatoms. The van der Waals surface area contributed by atoms with E-state index in [4.69, 9.17) is 4.74 Å². The van der Waals surface area contributed by atoms with Gasteiger partial charge in [0.05, 0.1) is 12.7 Å². The maximum absolute atomic E-state index is 12.0. The lowest BCUT2D eigenvalue weighted by Gasteiger charge is -2.22. The van der Waals surface area contributed by atoms with Crippen LogP contribution in [0.4, 0.5) is 0 Å². The van der Waals surface area contributed by atoms with E-state index in [-0.39, 0.29) is 6.61 Å². The molecule has 0 amide bonds. The summed E-state index contributed by atoms with van der Waals surface area (Å²) in [5.74, 6) is -2.95. The largest absolute Gasteiger partial charge is 0.492 e. The van der Waals surface area contributed by atoms with Gasteiger partial charge in [-0.05, 0) is 12.1 Å². The summed E-state index contributed by atoms with van der Waals surface area (Å²) in [5, 5.41) is 0. The van der Waals surface area contributed by atoms with Crippen LogP contribution >= 0.6 is 0 Å². The van der Waals surface area contributed by atoms with Crippen molar-refractivity contribution < 1.29 is 23.9 Å². The second-order valence-electron chi connectivity index (χ2n) is 3.58. The first kappa shape index (κ1) is 11.3. The molecular weight excluding hydrogens is 224 g/mol. The van der Waals surface area contributed by atoms with E-state index in [1.54, 1.807) is 24.3 Å². The second kappa shape index (κ2) is 4.37. The van der Waals surface area contributed by atoms with E-state index < -0.39 is 23.5 Å². The number of ether oxygens (including phenoxy) is 2. The van der Waals surface area contributed by atoms with Crippen LogP contribution < -0.4 is 4.74 Å². The van der Waals surface area contributed by atoms with E-state index in [2.05, 4.69) is 4.74 Å². The van der Waals surface area contributed by atoms with Crippen molar-refractivity contribution >= 4 is 17.5 Å². The van der Waals surface area contributed by atoms with E-state index >= 15 is 0 Å². The van der Waals surface area contributed by atoms with Gasteiger partial charge < -0.3 is 9.47 Å². The Kier molecular flexibility index (Phi) is 2.91. The molecule has 0 N–H and O–H groups in total. The van der Waals surface area contributed by atoms with Crippen LogP contribution in [0.2, 0.25) is 0 Å². The lowest BCUT2D eigenvalue weighted by atomic mass is 9.91. The van der Waals surface area contributed by atoms with Crippen molar-refractivity contribution in [2.24, 2.45) is 5.92 Å². The van der Waals surface area contributed by atoms with Crippen molar-refractivity contribution in [3.05, 3.63) is 29.8 Å². The molecule has 1 aliphatic rings. The predicted octanol–water partition coefficient (Wildman–Crippen LogP) is 0.620. The molecule has 0 spiro atoms. The molecule has 0 aromatic heterocycles. The van der Waals surface area contributed by atoms with Crippen molar-refractivity contribution in [1.82, 2.24) is 0 Å². The SMILES string of the molecule is COC(=O)C(=O)C1COc2ccccc2C1=O. The van der Waals surface area contributed by atoms with E-state index in [0.717, 1.165) is 7.11 Å². The van der Waals surface area contributed by atoms with Crippen LogP contribution in [-0.2, 0) is 14.3 Å². The number of carbonyl (C=O) groups excluding carboxylic acids is 3. The third-order valence-electron chi connectivity index (χ3n) is 2.58. The Hall–Kier alpha value is -2.17. The number of fused-ring (bicyclic) bond motifs is 1. The van der Waals surface area contributed by atoms with E-state index in [9.17, 15) is 14.4 Å². The third-order valence-corrected chi connectivity index (χ3v) is 2.58. The van der Waals surface area contributed by atoms with Gasteiger partial charge in [-0.2, -0.15) is 0 Å². The third kappa shape index (κ3) is 1.91. The van der Waals surface area contributed by atoms with Gasteiger partial charge in [0.1, 0.15) is 18.3 Å². The number of benzene rings is 1. The number of rotatable bonds is 2. The minimum absolute atomic E-state index is 0.121. The average molecular weight is 234 g/mol. The quantitative estimate of drug-likeness (QED) is 0.426. The van der Waals surface area contributed by atoms with E-state index in [0.29, 0.717) is 11.3 Å². The highest BCUT2D eigenvalue weighted by atomic mass is 16.5. The van der Waals surface area contributed by atoms with E-state index in [1.807, 2.05) is 0 Å². The number of Topliss-reactive ketones (excluding diaryl/α,β-unsaturated/α-hetero) is 2. The lowest BCUT2D eigenvalue weighted by Crippen LogP contribution is -2.38. The van der Waals surface area contributed by atoms with Gasteiger partial charge in [0.2, 0.25) is 0 Å². The Morgan fingerprint density at radius 3 is 2.76 bits per heavy atom. The van der Waals surface area contributed by atoms with Crippen LogP contribution in [0.3, 0.4) is 0 Å². The molecule has 1 heterocycles. The molecule has 0 fully saturated rings. The molecule has 0 saturated carbocycles. The van der Waals surface area contributed by atoms with Crippen molar-refractivity contribution in [1.29, 1.82) is 0 Å². The minimum atomic E-state index is -1.10. The number of hydrogen-bond donors (Lipinski definition) is 0. The number of methoxy groups -OCH3 is 1. The summed E-state index contributed by atoms with van der Waals surface area (Å²) < 4.78 is 9.58. The maximum Gasteiger partial charge on any atom is 0.375 e. The van der Waals surface area contributed by atoms with Crippen LogP contribution in [0.25, 0.3) is 0 Å². The molecular formula is C12H10O5. The zero-order valence-electron chi connectivity index (χ0n) is 9.14. The Morgan fingerprint density at radius 1 is 1.35 bits per heavy atom.